The number of allylic oxidation sites excluding steroid dienone is 1. The lowest BCUT2D eigenvalue weighted by Gasteiger charge is -2.06. The molecule has 0 aromatic carbocycles. The molecule has 0 saturated heterocycles. The molecule has 1 N–H and O–H groups in total. The Hall–Kier alpha value is -0.300. The van der Waals surface area contributed by atoms with Crippen LogP contribution in [0.25, 0.3) is 0 Å². The molecule has 0 radical (unpaired) electrons. The van der Waals surface area contributed by atoms with Gasteiger partial charge in [-0.3, -0.25) is 0 Å². The highest BCUT2D eigenvalue weighted by molar-refractivity contribution is 4.68. The molecule has 0 aromatic heterocycles. The quantitative estimate of drug-likeness (QED) is 0.565. The van der Waals surface area contributed by atoms with Crippen LogP contribution in [0.15, 0.2) is 12.7 Å². The van der Waals surface area contributed by atoms with Crippen molar-refractivity contribution in [2.24, 2.45) is 0 Å². The predicted molar refractivity (Wildman–Crippen MR) is 45.0 cm³/mol. The molecule has 0 bridgehead atoms. The summed E-state index contributed by atoms with van der Waals surface area (Å²) in [6.07, 6.45) is 6.83. The second-order valence-electron chi connectivity index (χ2n) is 2.66. The second-order valence-corrected chi connectivity index (χ2v) is 2.66. The fourth-order valence-corrected chi connectivity index (χ4v) is 0.894. The number of hydrogen-bond acceptors (Lipinski definition) is 1. The van der Waals surface area contributed by atoms with Gasteiger partial charge in [-0.2, -0.15) is 0 Å². The van der Waals surface area contributed by atoms with E-state index in [4.69, 9.17) is 0 Å². The van der Waals surface area contributed by atoms with E-state index in [1.165, 1.54) is 6.42 Å². The number of rotatable bonds is 6. The summed E-state index contributed by atoms with van der Waals surface area (Å²) in [6.45, 7) is 5.74. The van der Waals surface area contributed by atoms with Gasteiger partial charge >= 0.3 is 0 Å². The smallest absolute Gasteiger partial charge is 0.0543 e. The van der Waals surface area contributed by atoms with E-state index in [1.807, 2.05) is 6.08 Å². The molecule has 0 aliphatic carbocycles. The van der Waals surface area contributed by atoms with Crippen molar-refractivity contribution in [3.8, 4) is 0 Å². The van der Waals surface area contributed by atoms with Crippen molar-refractivity contribution in [2.45, 2.75) is 45.1 Å². The normalized spacial score (nSPS) is 13.0. The van der Waals surface area contributed by atoms with Crippen LogP contribution in [0, 0.1) is 0 Å². The lowest BCUT2D eigenvalue weighted by atomic mass is 10.1. The lowest BCUT2D eigenvalue weighted by Crippen LogP contribution is -2.04. The van der Waals surface area contributed by atoms with Crippen LogP contribution in [-0.2, 0) is 0 Å². The fraction of sp³-hybridized carbons (Fsp3) is 0.778. The van der Waals surface area contributed by atoms with Crippen LogP contribution in [0.5, 0.6) is 0 Å². The summed E-state index contributed by atoms with van der Waals surface area (Å²) < 4.78 is 0. The van der Waals surface area contributed by atoms with E-state index in [0.29, 0.717) is 0 Å². The molecule has 0 heterocycles. The number of unbranched alkanes of at least 4 members (excludes halogenated alkanes) is 1. The topological polar surface area (TPSA) is 20.2 Å². The highest BCUT2D eigenvalue weighted by atomic mass is 16.3. The Bertz CT molecular complexity index is 78.8. The van der Waals surface area contributed by atoms with Crippen LogP contribution >= 0.6 is 0 Å². The SMILES string of the molecule is C=CCC[C@H](O)CCCC. The summed E-state index contributed by atoms with van der Waals surface area (Å²) in [5, 5.41) is 9.26. The van der Waals surface area contributed by atoms with E-state index in [9.17, 15) is 5.11 Å². The van der Waals surface area contributed by atoms with Crippen LogP contribution < -0.4 is 0 Å². The minimum absolute atomic E-state index is 0.0991. The molecular weight excluding hydrogens is 124 g/mol. The molecule has 0 aliphatic rings. The van der Waals surface area contributed by atoms with Gasteiger partial charge in [-0.15, -0.1) is 6.58 Å². The Morgan fingerprint density at radius 2 is 2.20 bits per heavy atom. The van der Waals surface area contributed by atoms with Crippen molar-refractivity contribution in [2.75, 3.05) is 0 Å². The van der Waals surface area contributed by atoms with Crippen molar-refractivity contribution in [3.63, 3.8) is 0 Å². The third-order valence-electron chi connectivity index (χ3n) is 1.59. The molecule has 1 heteroatoms. The van der Waals surface area contributed by atoms with E-state index < -0.39 is 0 Å². The van der Waals surface area contributed by atoms with Gasteiger partial charge in [0.05, 0.1) is 6.10 Å². The highest BCUT2D eigenvalue weighted by Gasteiger charge is 1.99. The molecular formula is C9H18O. The molecule has 1 nitrogen and oxygen atoms in total. The average molecular weight is 142 g/mol. The van der Waals surface area contributed by atoms with Crippen LogP contribution in [0.3, 0.4) is 0 Å². The summed E-state index contributed by atoms with van der Waals surface area (Å²) in [5.74, 6) is 0. The van der Waals surface area contributed by atoms with Crippen molar-refractivity contribution in [1.29, 1.82) is 0 Å². The number of hydrogen-bond donors (Lipinski definition) is 1. The first-order valence-electron chi connectivity index (χ1n) is 4.10. The number of aliphatic hydroxyl groups excluding tert-OH is 1. The molecule has 0 fully saturated rings. The van der Waals surface area contributed by atoms with Crippen LogP contribution in [0.1, 0.15) is 39.0 Å². The Kier molecular flexibility index (Phi) is 6.61. The Balaban J connectivity index is 3.07. The predicted octanol–water partition coefficient (Wildman–Crippen LogP) is 2.50. The van der Waals surface area contributed by atoms with E-state index in [2.05, 4.69) is 13.5 Å². The zero-order valence-electron chi connectivity index (χ0n) is 6.84. The fourth-order valence-electron chi connectivity index (χ4n) is 0.894. The van der Waals surface area contributed by atoms with Gasteiger partial charge in [-0.25, -0.2) is 0 Å². The maximum Gasteiger partial charge on any atom is 0.0543 e. The van der Waals surface area contributed by atoms with Gasteiger partial charge in [-0.1, -0.05) is 25.8 Å². The highest BCUT2D eigenvalue weighted by Crippen LogP contribution is 2.06. The summed E-state index contributed by atoms with van der Waals surface area (Å²) in [5.41, 5.74) is 0. The van der Waals surface area contributed by atoms with Crippen molar-refractivity contribution < 1.29 is 5.11 Å². The maximum atomic E-state index is 9.26. The van der Waals surface area contributed by atoms with E-state index in [-0.39, 0.29) is 6.10 Å². The Labute approximate surface area is 63.8 Å². The largest absolute Gasteiger partial charge is 0.393 e. The standard InChI is InChI=1S/C9H18O/c1-3-5-7-9(10)8-6-4-2/h3,9-10H,1,4-8H2,2H3/t9-/m0/s1. The van der Waals surface area contributed by atoms with Gasteiger partial charge < -0.3 is 5.11 Å². The first-order valence-corrected chi connectivity index (χ1v) is 4.10. The monoisotopic (exact) mass is 142 g/mol. The van der Waals surface area contributed by atoms with Crippen molar-refractivity contribution >= 4 is 0 Å². The summed E-state index contributed by atoms with van der Waals surface area (Å²) >= 11 is 0. The molecule has 0 rings (SSSR count). The van der Waals surface area contributed by atoms with Gasteiger partial charge in [0.2, 0.25) is 0 Å². The summed E-state index contributed by atoms with van der Waals surface area (Å²) in [6, 6.07) is 0. The molecule has 0 unspecified atom stereocenters. The van der Waals surface area contributed by atoms with Crippen molar-refractivity contribution in [1.82, 2.24) is 0 Å². The van der Waals surface area contributed by atoms with Gasteiger partial charge in [0.1, 0.15) is 0 Å². The maximum absolute atomic E-state index is 9.26. The summed E-state index contributed by atoms with van der Waals surface area (Å²) in [7, 11) is 0. The second kappa shape index (κ2) is 6.81. The molecule has 0 saturated carbocycles. The Morgan fingerprint density at radius 1 is 1.50 bits per heavy atom. The average Bonchev–Trinajstić information content (AvgIpc) is 1.97. The zero-order chi connectivity index (χ0) is 7.82. The lowest BCUT2D eigenvalue weighted by molar-refractivity contribution is 0.153. The van der Waals surface area contributed by atoms with Crippen molar-refractivity contribution in [3.05, 3.63) is 12.7 Å². The van der Waals surface area contributed by atoms with Crippen LogP contribution in [-0.4, -0.2) is 11.2 Å². The van der Waals surface area contributed by atoms with Gasteiger partial charge in [0.15, 0.2) is 0 Å². The molecule has 10 heavy (non-hydrogen) atoms. The van der Waals surface area contributed by atoms with Gasteiger partial charge in [-0.05, 0) is 19.3 Å². The van der Waals surface area contributed by atoms with E-state index in [0.717, 1.165) is 25.7 Å². The molecule has 0 aromatic rings. The Morgan fingerprint density at radius 3 is 2.70 bits per heavy atom. The third-order valence-corrected chi connectivity index (χ3v) is 1.59. The first-order chi connectivity index (χ1) is 4.81. The van der Waals surface area contributed by atoms with E-state index >= 15 is 0 Å². The molecule has 0 amide bonds. The zero-order valence-corrected chi connectivity index (χ0v) is 6.84. The van der Waals surface area contributed by atoms with Crippen LogP contribution in [0.2, 0.25) is 0 Å². The van der Waals surface area contributed by atoms with Gasteiger partial charge in [0.25, 0.3) is 0 Å². The molecule has 0 spiro atoms. The summed E-state index contributed by atoms with van der Waals surface area (Å²) in [4.78, 5) is 0. The number of aliphatic hydroxyl groups is 1. The minimum atomic E-state index is -0.0991. The van der Waals surface area contributed by atoms with E-state index in [1.54, 1.807) is 0 Å². The molecule has 0 aliphatic heterocycles. The van der Waals surface area contributed by atoms with Gasteiger partial charge in [0, 0.05) is 0 Å². The molecule has 1 atom stereocenters. The van der Waals surface area contributed by atoms with Crippen LogP contribution in [0.4, 0.5) is 0 Å². The first kappa shape index (κ1) is 9.70. The molecule has 60 valence electrons. The minimum Gasteiger partial charge on any atom is -0.393 e. The third kappa shape index (κ3) is 5.83.